The van der Waals surface area contributed by atoms with Crippen molar-refractivity contribution in [3.05, 3.63) is 59.7 Å². The molecule has 3 atom stereocenters. The lowest BCUT2D eigenvalue weighted by Gasteiger charge is -2.48. The number of carboxylic acids is 1. The topological polar surface area (TPSA) is 77.9 Å². The molecule has 2 fully saturated rings. The molecule has 0 radical (unpaired) electrons. The van der Waals surface area contributed by atoms with Crippen LogP contribution in [0.5, 0.6) is 0 Å². The van der Waals surface area contributed by atoms with Crippen molar-refractivity contribution in [3.8, 4) is 0 Å². The number of hydrogen-bond acceptors (Lipinski definition) is 4. The number of anilines is 1. The Bertz CT molecular complexity index is 1200. The second-order valence-corrected chi connectivity index (χ2v) is 11.0. The molecule has 2 aromatic carbocycles. The van der Waals surface area contributed by atoms with Gasteiger partial charge in [0.25, 0.3) is 5.91 Å². The van der Waals surface area contributed by atoms with Gasteiger partial charge < -0.3 is 14.9 Å². The first-order chi connectivity index (χ1) is 17.6. The lowest BCUT2D eigenvalue weighted by molar-refractivity contribution is -0.142. The molecular formula is C27H27F3N2O4S. The Morgan fingerprint density at radius 1 is 0.973 bits per heavy atom. The Balaban J connectivity index is 1.49. The van der Waals surface area contributed by atoms with E-state index in [1.165, 1.54) is 24.3 Å². The van der Waals surface area contributed by atoms with Gasteiger partial charge in [0.2, 0.25) is 5.91 Å². The van der Waals surface area contributed by atoms with E-state index in [0.29, 0.717) is 11.3 Å². The van der Waals surface area contributed by atoms with E-state index in [1.54, 1.807) is 4.90 Å². The summed E-state index contributed by atoms with van der Waals surface area (Å²) in [5, 5.41) is 9.12. The minimum absolute atomic E-state index is 0.00622. The molecule has 6 nitrogen and oxygen atoms in total. The highest BCUT2D eigenvalue weighted by molar-refractivity contribution is 8.00. The summed E-state index contributed by atoms with van der Waals surface area (Å²) >= 11 is -0.218. The maximum atomic E-state index is 13.8. The molecule has 5 rings (SSSR count). The molecule has 2 amide bonds. The molecule has 1 N–H and O–H groups in total. The minimum Gasteiger partial charge on any atom is -0.481 e. The fourth-order valence-electron chi connectivity index (χ4n) is 5.86. The van der Waals surface area contributed by atoms with Crippen LogP contribution in [0, 0.1) is 5.92 Å². The monoisotopic (exact) mass is 532 g/mol. The normalized spacial score (nSPS) is 22.8. The number of benzene rings is 2. The van der Waals surface area contributed by atoms with Gasteiger partial charge in [-0.1, -0.05) is 24.6 Å². The molecule has 196 valence electrons. The van der Waals surface area contributed by atoms with Gasteiger partial charge in [-0.05, 0) is 73.3 Å². The van der Waals surface area contributed by atoms with Crippen LogP contribution in [0.15, 0.2) is 53.4 Å². The van der Waals surface area contributed by atoms with Crippen LogP contribution in [0.1, 0.15) is 66.9 Å². The molecule has 0 unspecified atom stereocenters. The highest BCUT2D eigenvalue weighted by atomic mass is 32.2. The maximum Gasteiger partial charge on any atom is 0.446 e. The molecule has 2 aliphatic carbocycles. The van der Waals surface area contributed by atoms with E-state index in [0.717, 1.165) is 37.7 Å². The number of carboxylic acid groups (broad SMARTS) is 1. The van der Waals surface area contributed by atoms with Gasteiger partial charge in [0.1, 0.15) is 0 Å². The number of halogens is 3. The molecule has 1 heterocycles. The van der Waals surface area contributed by atoms with Gasteiger partial charge >= 0.3 is 11.5 Å². The first-order valence-electron chi connectivity index (χ1n) is 12.5. The van der Waals surface area contributed by atoms with Gasteiger partial charge in [-0.25, -0.2) is 0 Å². The van der Waals surface area contributed by atoms with Crippen LogP contribution >= 0.6 is 11.8 Å². The number of nitrogens with zero attached hydrogens (tertiary/aromatic N) is 2. The number of fused-ring (bicyclic) bond motifs is 2. The largest absolute Gasteiger partial charge is 0.481 e. The molecular weight excluding hydrogens is 505 g/mol. The van der Waals surface area contributed by atoms with Crippen LogP contribution in [-0.2, 0) is 9.59 Å². The van der Waals surface area contributed by atoms with Crippen molar-refractivity contribution in [2.75, 3.05) is 4.90 Å². The van der Waals surface area contributed by atoms with Gasteiger partial charge in [0, 0.05) is 40.6 Å². The van der Waals surface area contributed by atoms with E-state index in [9.17, 15) is 27.6 Å². The second kappa shape index (κ2) is 10.0. The third kappa shape index (κ3) is 5.35. The summed E-state index contributed by atoms with van der Waals surface area (Å²) in [6, 6.07) is 12.6. The fraction of sp³-hybridized carbons (Fsp3) is 0.444. The Morgan fingerprint density at radius 2 is 1.68 bits per heavy atom. The highest BCUT2D eigenvalue weighted by Crippen LogP contribution is 2.53. The van der Waals surface area contributed by atoms with Gasteiger partial charge in [-0.2, -0.15) is 13.2 Å². The van der Waals surface area contributed by atoms with Crippen molar-refractivity contribution in [2.45, 2.75) is 73.5 Å². The van der Waals surface area contributed by atoms with E-state index < -0.39 is 11.5 Å². The predicted octanol–water partition coefficient (Wildman–Crippen LogP) is 6.02. The standard InChI is InChI=1S/C27H27F3N2O4S/c28-27(29,30)37-18-12-8-16(9-13-18)26(36)32-21-6-2-1-4-19(21)25(20-5-3-7-22(20)32)31(17-10-11-17)23(33)14-15-24(34)35/h1-2,4,6,8-9,12-13,17,20,22,25H,3,5,7,10-11,14-15H2,(H,34,35)/t20-,22+,25+/m0/s1. The van der Waals surface area contributed by atoms with Crippen molar-refractivity contribution >= 4 is 35.2 Å². The van der Waals surface area contributed by atoms with Crippen LogP contribution in [0.2, 0.25) is 0 Å². The van der Waals surface area contributed by atoms with Crippen LogP contribution in [-0.4, -0.2) is 45.4 Å². The summed E-state index contributed by atoms with van der Waals surface area (Å²) in [6.45, 7) is 0. The number of thioether (sulfide) groups is 1. The first-order valence-corrected chi connectivity index (χ1v) is 13.3. The van der Waals surface area contributed by atoms with Crippen molar-refractivity contribution in [2.24, 2.45) is 5.92 Å². The fourth-order valence-corrected chi connectivity index (χ4v) is 6.40. The Hall–Kier alpha value is -3.01. The molecule has 10 heteroatoms. The Morgan fingerprint density at radius 3 is 2.32 bits per heavy atom. The third-order valence-electron chi connectivity index (χ3n) is 7.42. The average molecular weight is 533 g/mol. The molecule has 3 aliphatic rings. The molecule has 0 saturated heterocycles. The molecule has 0 aromatic heterocycles. The average Bonchev–Trinajstić information content (AvgIpc) is 3.57. The number of hydrogen-bond donors (Lipinski definition) is 1. The number of amides is 2. The number of alkyl halides is 3. The van der Waals surface area contributed by atoms with Crippen molar-refractivity contribution in [1.82, 2.24) is 4.90 Å². The lowest BCUT2D eigenvalue weighted by Crippen LogP contribution is -2.52. The van der Waals surface area contributed by atoms with Gasteiger partial charge in [0.15, 0.2) is 0 Å². The van der Waals surface area contributed by atoms with Crippen molar-refractivity contribution < 1.29 is 32.7 Å². The second-order valence-electron chi connectivity index (χ2n) is 9.84. The predicted molar refractivity (Wildman–Crippen MR) is 132 cm³/mol. The number of aliphatic carboxylic acids is 1. The van der Waals surface area contributed by atoms with E-state index >= 15 is 0 Å². The Kier molecular flexibility index (Phi) is 6.95. The van der Waals surface area contributed by atoms with Gasteiger partial charge in [-0.15, -0.1) is 0 Å². The number of carbonyl (C=O) groups excluding carboxylic acids is 2. The van der Waals surface area contributed by atoms with E-state index in [4.69, 9.17) is 5.11 Å². The van der Waals surface area contributed by atoms with Crippen molar-refractivity contribution in [3.63, 3.8) is 0 Å². The summed E-state index contributed by atoms with van der Waals surface area (Å²) in [6.07, 6.45) is 3.92. The zero-order chi connectivity index (χ0) is 26.3. The SMILES string of the molecule is O=C(O)CCC(=O)N(C1CC1)[C@@H]1c2ccccc2N(C(=O)c2ccc(SC(F)(F)F)cc2)[C@@H]2CCC[C@@H]21. The zero-order valence-corrected chi connectivity index (χ0v) is 20.8. The van der Waals surface area contributed by atoms with E-state index in [2.05, 4.69) is 0 Å². The molecule has 1 aliphatic heterocycles. The Labute approximate surface area is 216 Å². The highest BCUT2D eigenvalue weighted by Gasteiger charge is 2.51. The quantitative estimate of drug-likeness (QED) is 0.441. The molecule has 2 aromatic rings. The summed E-state index contributed by atoms with van der Waals surface area (Å²) in [4.78, 5) is 41.9. The van der Waals surface area contributed by atoms with E-state index in [1.807, 2.05) is 29.2 Å². The number of para-hydroxylation sites is 1. The zero-order valence-electron chi connectivity index (χ0n) is 20.0. The third-order valence-corrected chi connectivity index (χ3v) is 8.16. The number of rotatable bonds is 7. The van der Waals surface area contributed by atoms with Crippen LogP contribution in [0.3, 0.4) is 0 Å². The first kappa shape index (κ1) is 25.6. The van der Waals surface area contributed by atoms with Crippen LogP contribution in [0.4, 0.5) is 18.9 Å². The molecule has 0 bridgehead atoms. The summed E-state index contributed by atoms with van der Waals surface area (Å²) in [5.41, 5.74) is -2.54. The summed E-state index contributed by atoms with van der Waals surface area (Å²) < 4.78 is 38.2. The molecule has 37 heavy (non-hydrogen) atoms. The lowest BCUT2D eigenvalue weighted by atomic mass is 9.81. The number of carbonyl (C=O) groups is 3. The smallest absolute Gasteiger partial charge is 0.446 e. The summed E-state index contributed by atoms with van der Waals surface area (Å²) in [7, 11) is 0. The van der Waals surface area contributed by atoms with Crippen LogP contribution < -0.4 is 4.90 Å². The molecule has 2 saturated carbocycles. The van der Waals surface area contributed by atoms with Gasteiger partial charge in [-0.3, -0.25) is 14.4 Å². The summed E-state index contributed by atoms with van der Waals surface area (Å²) in [5.74, 6) is -1.47. The van der Waals surface area contributed by atoms with Gasteiger partial charge in [0.05, 0.1) is 12.5 Å². The molecule has 0 spiro atoms. The minimum atomic E-state index is -4.40. The van der Waals surface area contributed by atoms with E-state index in [-0.39, 0.29) is 65.4 Å². The van der Waals surface area contributed by atoms with Crippen LogP contribution in [0.25, 0.3) is 0 Å². The maximum absolute atomic E-state index is 13.8. The van der Waals surface area contributed by atoms with Crippen molar-refractivity contribution in [1.29, 1.82) is 0 Å².